The van der Waals surface area contributed by atoms with E-state index in [1.807, 2.05) is 0 Å². The predicted octanol–water partition coefficient (Wildman–Crippen LogP) is 4.32. The molecule has 1 saturated carbocycles. The zero-order chi connectivity index (χ0) is 61.9. The van der Waals surface area contributed by atoms with E-state index >= 15 is 0 Å². The molecule has 0 bridgehead atoms. The van der Waals surface area contributed by atoms with Crippen molar-refractivity contribution >= 4 is 44.3 Å². The van der Waals surface area contributed by atoms with Crippen molar-refractivity contribution in [2.45, 2.75) is 224 Å². The Morgan fingerprint density at radius 2 is 1.38 bits per heavy atom. The lowest BCUT2D eigenvalue weighted by atomic mass is 9.82. The number of non-ortho nitro benzene ring substituents is 1. The summed E-state index contributed by atoms with van der Waals surface area (Å²) in [6.07, 6.45) is -13.9. The quantitative estimate of drug-likeness (QED) is 0.0272. The van der Waals surface area contributed by atoms with Crippen molar-refractivity contribution in [3.05, 3.63) is 51.8 Å². The largest absolute Gasteiger partial charge is 0.466 e. The van der Waals surface area contributed by atoms with Crippen LogP contribution in [0.25, 0.3) is 0 Å². The van der Waals surface area contributed by atoms with Crippen LogP contribution in [-0.2, 0) is 53.7 Å². The van der Waals surface area contributed by atoms with Gasteiger partial charge in [0.1, 0.15) is 65.3 Å². The number of hydrogen-bond donors (Lipinski definition) is 9. The second-order valence-electron chi connectivity index (χ2n) is 25.5. The molecule has 1 aromatic carbocycles. The van der Waals surface area contributed by atoms with Crippen LogP contribution in [-0.4, -0.2) is 198 Å². The minimum absolute atomic E-state index is 0.0914. The molecule has 466 valence electrons. The fourth-order valence-electron chi connectivity index (χ4n) is 8.71. The number of aliphatic hydroxyl groups is 4. The van der Waals surface area contributed by atoms with E-state index in [-0.39, 0.29) is 55.4 Å². The molecule has 28 heteroatoms. The molecule has 27 nitrogen and oxygen atoms in total. The monoisotopic (exact) mass is 1190 g/mol. The Balaban J connectivity index is 1.73. The summed E-state index contributed by atoms with van der Waals surface area (Å²) >= 11 is 0. The van der Waals surface area contributed by atoms with Gasteiger partial charge in [0.15, 0.2) is 14.6 Å². The summed E-state index contributed by atoms with van der Waals surface area (Å²) < 4.78 is 53.8. The first kappa shape index (κ1) is 69.1. The fourth-order valence-corrected chi connectivity index (χ4v) is 9.76. The summed E-state index contributed by atoms with van der Waals surface area (Å²) in [7, 11) is -0.891. The number of ether oxygens (including phenoxy) is 8. The van der Waals surface area contributed by atoms with Gasteiger partial charge >= 0.3 is 24.4 Å². The van der Waals surface area contributed by atoms with Crippen LogP contribution in [0.4, 0.5) is 24.9 Å². The first-order valence-corrected chi connectivity index (χ1v) is 30.4. The van der Waals surface area contributed by atoms with E-state index in [0.717, 1.165) is 4.90 Å². The maximum Gasteiger partial charge on any atom is 0.410 e. The number of likely N-dealkylation sites (N-methyl/N-ethyl adjacent to an activating group) is 1. The van der Waals surface area contributed by atoms with Gasteiger partial charge in [-0.1, -0.05) is 20.8 Å². The molecule has 2 fully saturated rings. The smallest absolute Gasteiger partial charge is 0.410 e. The average Bonchev–Trinajstić information content (AvgIpc) is 3.33. The zero-order valence-electron chi connectivity index (χ0n) is 50.3. The number of hydrogen-bond acceptors (Lipinski definition) is 21. The Bertz CT molecular complexity index is 2350. The third kappa shape index (κ3) is 21.3. The Labute approximate surface area is 481 Å². The lowest BCUT2D eigenvalue weighted by Crippen LogP contribution is -2.70. The van der Waals surface area contributed by atoms with Crippen LogP contribution in [0, 0.1) is 10.1 Å². The first-order valence-electron chi connectivity index (χ1n) is 27.5. The van der Waals surface area contributed by atoms with Crippen molar-refractivity contribution in [2.75, 3.05) is 39.9 Å². The second kappa shape index (κ2) is 28.4. The van der Waals surface area contributed by atoms with Crippen molar-refractivity contribution in [2.24, 2.45) is 0 Å². The molecule has 1 aliphatic carbocycles. The SMILES string of the molecule is CN(C(=O)OC(C)(C)C)[C@@H]1[C@@H](O)[C@@H](O[C@@H]2[C@@H](O)[C@H](O[C@H]3OC(CNC(=O)OCc4ccc([N+](=O)[O-])cc4)=CC[C@H]3NCCO[Si](C)(C)C(C)(C)C)[C@@H](NC(=O)OC(C)(C)C)C[C@H]2NC(=O)[C@@H](O)CCNC(=O)OC(C)(C)C)OC[C@]1(C)O. The molecule has 0 aromatic heterocycles. The number of nitrogens with one attached hydrogen (secondary N) is 5. The molecule has 9 N–H and O–H groups in total. The van der Waals surface area contributed by atoms with Crippen molar-refractivity contribution in [3.63, 3.8) is 0 Å². The van der Waals surface area contributed by atoms with Gasteiger partial charge in [-0.2, -0.15) is 0 Å². The topological polar surface area (TPSA) is 356 Å². The van der Waals surface area contributed by atoms with E-state index in [0.29, 0.717) is 18.7 Å². The highest BCUT2D eigenvalue weighted by atomic mass is 28.4. The van der Waals surface area contributed by atoms with Crippen LogP contribution in [0.5, 0.6) is 0 Å². The highest BCUT2D eigenvalue weighted by Crippen LogP contribution is 2.37. The van der Waals surface area contributed by atoms with Crippen LogP contribution >= 0.6 is 0 Å². The van der Waals surface area contributed by atoms with E-state index in [9.17, 15) is 54.5 Å². The average molecular weight is 1190 g/mol. The lowest BCUT2D eigenvalue weighted by molar-refractivity contribution is -0.384. The molecule has 1 saturated heterocycles. The molecule has 5 amide bonds. The maximum atomic E-state index is 14.0. The number of amides is 5. The Hall–Kier alpha value is -5.43. The normalized spacial score (nSPS) is 26.6. The highest BCUT2D eigenvalue weighted by Gasteiger charge is 2.55. The third-order valence-electron chi connectivity index (χ3n) is 13.8. The van der Waals surface area contributed by atoms with E-state index in [2.05, 4.69) is 60.4 Å². The molecular weight excluding hydrogens is 1090 g/mol. The summed E-state index contributed by atoms with van der Waals surface area (Å²) in [6, 6.07) is 0.722. The minimum Gasteiger partial charge on any atom is -0.466 e. The standard InChI is InChI=1S/C54H91N7O20Si/c1-50(2,3)79-47(67)56-24-23-37(62)43(65)58-35-27-36(59-48(68)80-51(4,5)6)41(38(63)40(35)78-45-39(64)42(54(13,70)30-74-45)60(14)49(69)81-52(7,8)9)77-44-34(55-25-26-75-82(15,16)53(10,11)12)22-21-33(76-44)28-57-46(66)73-29-31-17-19-32(20-18-31)61(71)72/h17-21,34-42,44-45,55,62-64,70H,22-30H2,1-16H3,(H,56,67)(H,57,66)(H,58,65)(H,59,68)/t34-,35-,36+,37+,38-,39-,40+,41-,42-,44-,45-,54+/m1/s1. The Morgan fingerprint density at radius 3 is 1.95 bits per heavy atom. The Morgan fingerprint density at radius 1 is 0.805 bits per heavy atom. The predicted molar refractivity (Wildman–Crippen MR) is 298 cm³/mol. The molecule has 0 radical (unpaired) electrons. The van der Waals surface area contributed by atoms with Gasteiger partial charge in [0.05, 0.1) is 42.2 Å². The van der Waals surface area contributed by atoms with Crippen LogP contribution < -0.4 is 26.6 Å². The number of carbonyl (C=O) groups excluding carboxylic acids is 5. The van der Waals surface area contributed by atoms with Gasteiger partial charge in [0.25, 0.3) is 5.69 Å². The van der Waals surface area contributed by atoms with Gasteiger partial charge in [-0.25, -0.2) is 19.2 Å². The van der Waals surface area contributed by atoms with Crippen LogP contribution in [0.2, 0.25) is 18.1 Å². The van der Waals surface area contributed by atoms with Gasteiger partial charge in [0, 0.05) is 38.9 Å². The third-order valence-corrected chi connectivity index (χ3v) is 18.3. The number of carbonyl (C=O) groups is 5. The molecule has 3 aliphatic rings. The highest BCUT2D eigenvalue weighted by molar-refractivity contribution is 6.74. The Kier molecular flexibility index (Phi) is 23.9. The molecule has 12 atom stereocenters. The minimum atomic E-state index is -2.20. The molecule has 0 unspecified atom stereocenters. The van der Waals surface area contributed by atoms with Gasteiger partial charge in [-0.15, -0.1) is 0 Å². The maximum absolute atomic E-state index is 14.0. The van der Waals surface area contributed by atoms with Crippen LogP contribution in [0.3, 0.4) is 0 Å². The second-order valence-corrected chi connectivity index (χ2v) is 30.3. The number of benzene rings is 1. The number of aliphatic hydroxyl groups excluding tert-OH is 3. The molecule has 82 heavy (non-hydrogen) atoms. The molecular formula is C54H91N7O20Si. The van der Waals surface area contributed by atoms with Crippen molar-refractivity contribution in [3.8, 4) is 0 Å². The number of alkyl carbamates (subject to hydrolysis) is 3. The summed E-state index contributed by atoms with van der Waals surface area (Å²) in [5, 5.41) is 72.6. The summed E-state index contributed by atoms with van der Waals surface area (Å²) in [6.45, 7) is 26.2. The zero-order valence-corrected chi connectivity index (χ0v) is 51.3. The van der Waals surface area contributed by atoms with E-state index in [1.165, 1.54) is 38.2 Å². The summed E-state index contributed by atoms with van der Waals surface area (Å²) in [4.78, 5) is 78.1. The number of rotatable bonds is 21. The van der Waals surface area contributed by atoms with Gasteiger partial charge in [-0.3, -0.25) is 14.9 Å². The van der Waals surface area contributed by atoms with Gasteiger partial charge in [0.2, 0.25) is 12.2 Å². The van der Waals surface area contributed by atoms with Crippen molar-refractivity contribution < 1.29 is 91.6 Å². The molecule has 2 aliphatic heterocycles. The molecule has 4 rings (SSSR count). The van der Waals surface area contributed by atoms with Gasteiger partial charge < -0.3 is 94.2 Å². The van der Waals surface area contributed by atoms with E-state index in [4.69, 9.17) is 42.3 Å². The van der Waals surface area contributed by atoms with E-state index in [1.54, 1.807) is 68.4 Å². The summed E-state index contributed by atoms with van der Waals surface area (Å²) in [5.74, 6) is -0.787. The van der Waals surface area contributed by atoms with Crippen molar-refractivity contribution in [1.29, 1.82) is 0 Å². The first-order chi connectivity index (χ1) is 37.7. The number of nitrogens with zero attached hydrogens (tertiary/aromatic N) is 2. The molecule has 0 spiro atoms. The number of nitro benzene ring substituents is 1. The van der Waals surface area contributed by atoms with Crippen molar-refractivity contribution in [1.82, 2.24) is 31.5 Å². The number of nitro groups is 1. The molecule has 1 aromatic rings. The van der Waals surface area contributed by atoms with Crippen LogP contribution in [0.15, 0.2) is 36.1 Å². The summed E-state index contributed by atoms with van der Waals surface area (Å²) in [5.41, 5.74) is -4.35. The van der Waals surface area contributed by atoms with Gasteiger partial charge in [-0.05, 0) is 130 Å². The van der Waals surface area contributed by atoms with E-state index < -0.39 is 140 Å². The lowest BCUT2D eigenvalue weighted by Gasteiger charge is -2.50. The van der Waals surface area contributed by atoms with Crippen LogP contribution in [0.1, 0.15) is 115 Å². The fraction of sp³-hybridized carbons (Fsp3) is 0.759. The molecule has 2 heterocycles.